The van der Waals surface area contributed by atoms with Gasteiger partial charge < -0.3 is 9.88 Å². The number of hydrogen-bond acceptors (Lipinski definition) is 2. The molecule has 0 saturated heterocycles. The molecule has 3 nitrogen and oxygen atoms in total. The average Bonchev–Trinajstić information content (AvgIpc) is 2.74. The van der Waals surface area contributed by atoms with E-state index in [-0.39, 0.29) is 0 Å². The summed E-state index contributed by atoms with van der Waals surface area (Å²) in [5, 5.41) is 3.31. The number of aromatic nitrogens is 2. The Bertz CT molecular complexity index is 442. The molecule has 16 heavy (non-hydrogen) atoms. The monoisotopic (exact) mass is 215 g/mol. The second kappa shape index (κ2) is 4.94. The van der Waals surface area contributed by atoms with Crippen LogP contribution < -0.4 is 5.32 Å². The van der Waals surface area contributed by atoms with Gasteiger partial charge in [-0.2, -0.15) is 0 Å². The Labute approximate surface area is 96.1 Å². The van der Waals surface area contributed by atoms with Crippen LogP contribution in [0.3, 0.4) is 0 Å². The van der Waals surface area contributed by atoms with E-state index in [2.05, 4.69) is 46.1 Å². The normalized spacial score (nSPS) is 10.6. The highest BCUT2D eigenvalue weighted by Crippen LogP contribution is 2.11. The number of nitrogens with one attached hydrogen (secondary N) is 1. The first-order chi connectivity index (χ1) is 7.81. The van der Waals surface area contributed by atoms with Crippen molar-refractivity contribution in [1.29, 1.82) is 0 Å². The minimum Gasteiger partial charge on any atom is -0.313 e. The maximum Gasteiger partial charge on any atom is 0.110 e. The van der Waals surface area contributed by atoms with Crippen LogP contribution in [0.25, 0.3) is 5.69 Å². The molecular formula is C13H17N3. The van der Waals surface area contributed by atoms with E-state index >= 15 is 0 Å². The summed E-state index contributed by atoms with van der Waals surface area (Å²) in [6.07, 6.45) is 3.80. The molecule has 0 aliphatic heterocycles. The number of rotatable bonds is 4. The molecule has 1 aromatic heterocycles. The molecule has 2 aromatic rings. The molecule has 3 heteroatoms. The molecule has 0 atom stereocenters. The van der Waals surface area contributed by atoms with Gasteiger partial charge in [0.05, 0.1) is 0 Å². The fraction of sp³-hybridized carbons (Fsp3) is 0.308. The SMILES string of the molecule is CCNCc1ccc(-n2ccnc2C)cc1. The molecule has 0 radical (unpaired) electrons. The van der Waals surface area contributed by atoms with Gasteiger partial charge in [0.25, 0.3) is 0 Å². The van der Waals surface area contributed by atoms with Crippen molar-refractivity contribution in [1.82, 2.24) is 14.9 Å². The van der Waals surface area contributed by atoms with Crippen molar-refractivity contribution < 1.29 is 0 Å². The minimum atomic E-state index is 0.930. The zero-order chi connectivity index (χ0) is 11.4. The van der Waals surface area contributed by atoms with Gasteiger partial charge in [-0.1, -0.05) is 19.1 Å². The van der Waals surface area contributed by atoms with Crippen molar-refractivity contribution in [3.8, 4) is 5.69 Å². The van der Waals surface area contributed by atoms with E-state index in [1.54, 1.807) is 0 Å². The molecule has 1 heterocycles. The third-order valence-electron chi connectivity index (χ3n) is 2.62. The van der Waals surface area contributed by atoms with Crippen LogP contribution in [-0.4, -0.2) is 16.1 Å². The van der Waals surface area contributed by atoms with Crippen LogP contribution in [0.4, 0.5) is 0 Å². The summed E-state index contributed by atoms with van der Waals surface area (Å²) in [5.41, 5.74) is 2.47. The van der Waals surface area contributed by atoms with Gasteiger partial charge in [0.1, 0.15) is 5.82 Å². The first-order valence-corrected chi connectivity index (χ1v) is 5.61. The van der Waals surface area contributed by atoms with Gasteiger partial charge in [0.2, 0.25) is 0 Å². The molecule has 0 amide bonds. The predicted octanol–water partition coefficient (Wildman–Crippen LogP) is 2.29. The zero-order valence-electron chi connectivity index (χ0n) is 9.77. The van der Waals surface area contributed by atoms with E-state index in [1.165, 1.54) is 5.56 Å². The lowest BCUT2D eigenvalue weighted by atomic mass is 10.2. The number of nitrogens with zero attached hydrogens (tertiary/aromatic N) is 2. The van der Waals surface area contributed by atoms with Crippen molar-refractivity contribution in [2.24, 2.45) is 0 Å². The van der Waals surface area contributed by atoms with Gasteiger partial charge >= 0.3 is 0 Å². The van der Waals surface area contributed by atoms with Crippen molar-refractivity contribution >= 4 is 0 Å². The second-order valence-electron chi connectivity index (χ2n) is 3.79. The molecule has 0 aliphatic carbocycles. The lowest BCUT2D eigenvalue weighted by Gasteiger charge is -2.06. The molecule has 2 rings (SSSR count). The maximum absolute atomic E-state index is 4.22. The van der Waals surface area contributed by atoms with E-state index in [4.69, 9.17) is 0 Å². The number of benzene rings is 1. The molecule has 1 N–H and O–H groups in total. The molecular weight excluding hydrogens is 198 g/mol. The second-order valence-corrected chi connectivity index (χ2v) is 3.79. The van der Waals surface area contributed by atoms with Gasteiger partial charge in [-0.3, -0.25) is 0 Å². The van der Waals surface area contributed by atoms with Crippen molar-refractivity contribution in [2.45, 2.75) is 20.4 Å². The first kappa shape index (κ1) is 10.9. The summed E-state index contributed by atoms with van der Waals surface area (Å²) >= 11 is 0. The summed E-state index contributed by atoms with van der Waals surface area (Å²) in [4.78, 5) is 4.22. The standard InChI is InChI=1S/C13H17N3/c1-3-14-10-12-4-6-13(7-5-12)16-9-8-15-11(16)2/h4-9,14H,3,10H2,1-2H3. The van der Waals surface area contributed by atoms with Crippen LogP contribution in [0.1, 0.15) is 18.3 Å². The summed E-state index contributed by atoms with van der Waals surface area (Å²) < 4.78 is 2.08. The van der Waals surface area contributed by atoms with Crippen molar-refractivity contribution in [3.63, 3.8) is 0 Å². The van der Waals surface area contributed by atoms with Crippen molar-refractivity contribution in [3.05, 3.63) is 48.0 Å². The fourth-order valence-electron chi connectivity index (χ4n) is 1.69. The molecule has 0 spiro atoms. The molecule has 0 aliphatic rings. The van der Waals surface area contributed by atoms with Gasteiger partial charge in [-0.15, -0.1) is 0 Å². The lowest BCUT2D eigenvalue weighted by molar-refractivity contribution is 0.726. The van der Waals surface area contributed by atoms with Gasteiger partial charge in [0.15, 0.2) is 0 Å². The van der Waals surface area contributed by atoms with Crippen molar-refractivity contribution in [2.75, 3.05) is 6.54 Å². The third kappa shape index (κ3) is 2.31. The summed E-state index contributed by atoms with van der Waals surface area (Å²) in [6, 6.07) is 8.55. The minimum absolute atomic E-state index is 0.930. The predicted molar refractivity (Wildman–Crippen MR) is 65.7 cm³/mol. The maximum atomic E-state index is 4.22. The highest BCUT2D eigenvalue weighted by molar-refractivity contribution is 5.35. The van der Waals surface area contributed by atoms with Crippen LogP contribution in [0.5, 0.6) is 0 Å². The molecule has 1 aromatic carbocycles. The topological polar surface area (TPSA) is 29.9 Å². The Morgan fingerprint density at radius 2 is 2.00 bits per heavy atom. The van der Waals surface area contributed by atoms with E-state index in [1.807, 2.05) is 19.3 Å². The van der Waals surface area contributed by atoms with Crippen LogP contribution in [0.15, 0.2) is 36.7 Å². The Morgan fingerprint density at radius 1 is 1.25 bits per heavy atom. The highest BCUT2D eigenvalue weighted by atomic mass is 15.1. The highest BCUT2D eigenvalue weighted by Gasteiger charge is 1.99. The summed E-state index contributed by atoms with van der Waals surface area (Å²) in [7, 11) is 0. The molecule has 0 unspecified atom stereocenters. The quantitative estimate of drug-likeness (QED) is 0.848. The summed E-state index contributed by atoms with van der Waals surface area (Å²) in [6.45, 7) is 6.05. The largest absolute Gasteiger partial charge is 0.313 e. The third-order valence-corrected chi connectivity index (χ3v) is 2.62. The molecule has 0 bridgehead atoms. The summed E-state index contributed by atoms with van der Waals surface area (Å²) in [5.74, 6) is 1.01. The van der Waals surface area contributed by atoms with Crippen LogP contribution in [0.2, 0.25) is 0 Å². The zero-order valence-corrected chi connectivity index (χ0v) is 9.77. The number of hydrogen-bond donors (Lipinski definition) is 1. The molecule has 0 saturated carbocycles. The average molecular weight is 215 g/mol. The van der Waals surface area contributed by atoms with Gasteiger partial charge in [-0.05, 0) is 31.2 Å². The lowest BCUT2D eigenvalue weighted by Crippen LogP contribution is -2.11. The fourth-order valence-corrected chi connectivity index (χ4v) is 1.69. The Balaban J connectivity index is 2.16. The van der Waals surface area contributed by atoms with Gasteiger partial charge in [-0.25, -0.2) is 4.98 Å². The Morgan fingerprint density at radius 3 is 2.56 bits per heavy atom. The van der Waals surface area contributed by atoms with Crippen LogP contribution >= 0.6 is 0 Å². The smallest absolute Gasteiger partial charge is 0.110 e. The first-order valence-electron chi connectivity index (χ1n) is 5.61. The van der Waals surface area contributed by atoms with Crippen LogP contribution in [0, 0.1) is 6.92 Å². The van der Waals surface area contributed by atoms with Crippen LogP contribution in [-0.2, 0) is 6.54 Å². The Hall–Kier alpha value is -1.61. The van der Waals surface area contributed by atoms with Gasteiger partial charge in [0, 0.05) is 24.6 Å². The molecule has 0 fully saturated rings. The van der Waals surface area contributed by atoms with E-state index in [0.29, 0.717) is 0 Å². The number of imidazole rings is 1. The van der Waals surface area contributed by atoms with E-state index in [9.17, 15) is 0 Å². The van der Waals surface area contributed by atoms with E-state index < -0.39 is 0 Å². The number of aryl methyl sites for hydroxylation is 1. The Kier molecular flexibility index (Phi) is 3.37. The molecule has 84 valence electrons. The van der Waals surface area contributed by atoms with E-state index in [0.717, 1.165) is 24.6 Å².